The van der Waals surface area contributed by atoms with Crippen LogP contribution in [0.1, 0.15) is 5.56 Å². The zero-order valence-corrected chi connectivity index (χ0v) is 6.33. The number of nitrogens with one attached hydrogen (secondary N) is 1. The molecule has 0 fully saturated rings. The van der Waals surface area contributed by atoms with Crippen molar-refractivity contribution in [3.05, 3.63) is 29.1 Å². The summed E-state index contributed by atoms with van der Waals surface area (Å²) in [6, 6.07) is 0.416. The highest BCUT2D eigenvalue weighted by molar-refractivity contribution is 5.99. The fraction of sp³-hybridized carbons (Fsp3) is 0.125. The third-order valence-corrected chi connectivity index (χ3v) is 1.87. The van der Waals surface area contributed by atoms with Crippen molar-refractivity contribution < 1.29 is 18.0 Å². The lowest BCUT2D eigenvalue weighted by Gasteiger charge is -2.01. The highest BCUT2D eigenvalue weighted by Crippen LogP contribution is 2.29. The Kier molecular flexibility index (Phi) is 1.55. The molecule has 0 radical (unpaired) electrons. The van der Waals surface area contributed by atoms with Crippen molar-refractivity contribution in [2.45, 2.75) is 6.42 Å². The van der Waals surface area contributed by atoms with Crippen LogP contribution in [0.4, 0.5) is 18.9 Å². The van der Waals surface area contributed by atoms with Crippen LogP contribution in [0.25, 0.3) is 0 Å². The maximum atomic E-state index is 12.9. The second-order valence-corrected chi connectivity index (χ2v) is 2.73. The molecular formula is C8H4F3NO. The summed E-state index contributed by atoms with van der Waals surface area (Å²) in [6.07, 6.45) is -0.310. The maximum absolute atomic E-state index is 12.9. The van der Waals surface area contributed by atoms with E-state index in [2.05, 4.69) is 5.32 Å². The van der Waals surface area contributed by atoms with Crippen molar-refractivity contribution in [1.29, 1.82) is 0 Å². The first-order valence-corrected chi connectivity index (χ1v) is 3.56. The van der Waals surface area contributed by atoms with Gasteiger partial charge < -0.3 is 5.32 Å². The quantitative estimate of drug-likeness (QED) is 0.614. The molecule has 0 unspecified atom stereocenters. The molecule has 1 amide bonds. The van der Waals surface area contributed by atoms with E-state index in [1.54, 1.807) is 0 Å². The Balaban J connectivity index is 2.69. The van der Waals surface area contributed by atoms with Gasteiger partial charge in [-0.1, -0.05) is 0 Å². The number of hydrogen-bond acceptors (Lipinski definition) is 1. The molecule has 1 aromatic rings. The van der Waals surface area contributed by atoms with Gasteiger partial charge in [0.2, 0.25) is 5.91 Å². The molecule has 1 aliphatic rings. The van der Waals surface area contributed by atoms with E-state index in [-0.39, 0.29) is 17.7 Å². The fourth-order valence-corrected chi connectivity index (χ4v) is 1.29. The van der Waals surface area contributed by atoms with E-state index in [4.69, 9.17) is 0 Å². The molecule has 0 saturated carbocycles. The topological polar surface area (TPSA) is 29.1 Å². The first-order chi connectivity index (χ1) is 6.09. The van der Waals surface area contributed by atoms with Crippen molar-refractivity contribution in [1.82, 2.24) is 0 Å². The molecule has 1 heterocycles. The number of rotatable bonds is 0. The van der Waals surface area contributed by atoms with Gasteiger partial charge in [-0.05, 0) is 0 Å². The number of anilines is 1. The number of carbonyl (C=O) groups excluding carboxylic acids is 1. The molecule has 0 atom stereocenters. The number of halogens is 3. The molecular weight excluding hydrogens is 183 g/mol. The van der Waals surface area contributed by atoms with Gasteiger partial charge in [-0.25, -0.2) is 13.2 Å². The number of hydrogen-bond donors (Lipinski definition) is 1. The normalized spacial score (nSPS) is 14.2. The minimum atomic E-state index is -1.27. The highest BCUT2D eigenvalue weighted by Gasteiger charge is 2.27. The van der Waals surface area contributed by atoms with Crippen LogP contribution in [0.2, 0.25) is 0 Å². The summed E-state index contributed by atoms with van der Waals surface area (Å²) in [4.78, 5) is 10.7. The first-order valence-electron chi connectivity index (χ1n) is 3.56. The Hall–Kier alpha value is -1.52. The maximum Gasteiger partial charge on any atom is 0.229 e. The minimum absolute atomic E-state index is 0.234. The van der Waals surface area contributed by atoms with Crippen LogP contribution in [-0.2, 0) is 11.2 Å². The van der Waals surface area contributed by atoms with Crippen LogP contribution in [-0.4, -0.2) is 5.91 Å². The zero-order chi connectivity index (χ0) is 9.59. The summed E-state index contributed by atoms with van der Waals surface area (Å²) in [5, 5.41) is 2.11. The van der Waals surface area contributed by atoms with E-state index in [9.17, 15) is 18.0 Å². The Morgan fingerprint density at radius 3 is 2.62 bits per heavy atom. The molecule has 0 aromatic heterocycles. The zero-order valence-electron chi connectivity index (χ0n) is 6.33. The third-order valence-electron chi connectivity index (χ3n) is 1.87. The summed E-state index contributed by atoms with van der Waals surface area (Å²) < 4.78 is 38.4. The second kappa shape index (κ2) is 2.48. The van der Waals surface area contributed by atoms with Gasteiger partial charge in [-0.15, -0.1) is 0 Å². The molecule has 0 saturated heterocycles. The molecule has 5 heteroatoms. The number of carbonyl (C=O) groups is 1. The van der Waals surface area contributed by atoms with Gasteiger partial charge in [0.05, 0.1) is 12.1 Å². The van der Waals surface area contributed by atoms with Crippen LogP contribution in [0.15, 0.2) is 6.07 Å². The van der Waals surface area contributed by atoms with Crippen molar-refractivity contribution in [3.8, 4) is 0 Å². The average Bonchev–Trinajstić information content (AvgIpc) is 2.44. The van der Waals surface area contributed by atoms with Crippen LogP contribution in [0.3, 0.4) is 0 Å². The van der Waals surface area contributed by atoms with Gasteiger partial charge >= 0.3 is 0 Å². The Labute approximate surface area is 71.4 Å². The summed E-state index contributed by atoms with van der Waals surface area (Å²) >= 11 is 0. The van der Waals surface area contributed by atoms with Crippen molar-refractivity contribution in [2.75, 3.05) is 5.32 Å². The summed E-state index contributed by atoms with van der Waals surface area (Å²) in [5.41, 5.74) is -0.480. The monoisotopic (exact) mass is 187 g/mol. The Morgan fingerprint density at radius 1 is 1.23 bits per heavy atom. The van der Waals surface area contributed by atoms with Gasteiger partial charge in [0.25, 0.3) is 0 Å². The SMILES string of the molecule is O=C1Cc2c(F)c(F)cc(F)c2N1. The molecule has 2 rings (SSSR count). The molecule has 0 aliphatic carbocycles. The lowest BCUT2D eigenvalue weighted by Crippen LogP contribution is -2.04. The molecule has 2 nitrogen and oxygen atoms in total. The predicted octanol–water partition coefficient (Wildman–Crippen LogP) is 1.60. The largest absolute Gasteiger partial charge is 0.323 e. The van der Waals surface area contributed by atoms with Gasteiger partial charge in [0.15, 0.2) is 11.6 Å². The number of fused-ring (bicyclic) bond motifs is 1. The molecule has 13 heavy (non-hydrogen) atoms. The van der Waals surface area contributed by atoms with E-state index < -0.39 is 23.4 Å². The van der Waals surface area contributed by atoms with E-state index in [1.165, 1.54) is 0 Å². The van der Waals surface area contributed by atoms with Crippen LogP contribution >= 0.6 is 0 Å². The lowest BCUT2D eigenvalue weighted by atomic mass is 10.1. The van der Waals surface area contributed by atoms with Gasteiger partial charge in [0, 0.05) is 11.6 Å². The first kappa shape index (κ1) is 8.10. The van der Waals surface area contributed by atoms with Crippen molar-refractivity contribution in [3.63, 3.8) is 0 Å². The number of benzene rings is 1. The lowest BCUT2D eigenvalue weighted by molar-refractivity contribution is -0.115. The molecule has 1 aromatic carbocycles. The molecule has 0 spiro atoms. The van der Waals surface area contributed by atoms with Crippen LogP contribution < -0.4 is 5.32 Å². The van der Waals surface area contributed by atoms with E-state index >= 15 is 0 Å². The predicted molar refractivity (Wildman–Crippen MR) is 38.6 cm³/mol. The van der Waals surface area contributed by atoms with Gasteiger partial charge in [0.1, 0.15) is 5.82 Å². The highest BCUT2D eigenvalue weighted by atomic mass is 19.2. The van der Waals surface area contributed by atoms with Crippen LogP contribution in [0, 0.1) is 17.5 Å². The Morgan fingerprint density at radius 2 is 1.92 bits per heavy atom. The fourth-order valence-electron chi connectivity index (χ4n) is 1.29. The molecule has 1 aliphatic heterocycles. The van der Waals surface area contributed by atoms with Gasteiger partial charge in [-0.2, -0.15) is 0 Å². The smallest absolute Gasteiger partial charge is 0.229 e. The third kappa shape index (κ3) is 1.07. The van der Waals surface area contributed by atoms with Crippen molar-refractivity contribution >= 4 is 11.6 Å². The van der Waals surface area contributed by atoms with E-state index in [1.807, 2.05) is 0 Å². The molecule has 0 bridgehead atoms. The minimum Gasteiger partial charge on any atom is -0.323 e. The van der Waals surface area contributed by atoms with E-state index in [0.717, 1.165) is 0 Å². The second-order valence-electron chi connectivity index (χ2n) is 2.73. The van der Waals surface area contributed by atoms with Crippen LogP contribution in [0.5, 0.6) is 0 Å². The van der Waals surface area contributed by atoms with Gasteiger partial charge in [-0.3, -0.25) is 4.79 Å². The Bertz CT molecular complexity index is 403. The summed E-state index contributed by atoms with van der Waals surface area (Å²) in [7, 11) is 0. The summed E-state index contributed by atoms with van der Waals surface area (Å²) in [6.45, 7) is 0. The molecule has 1 N–H and O–H groups in total. The standard InChI is InChI=1S/C8H4F3NO/c9-4-2-5(10)8-3(7(4)11)1-6(13)12-8/h2H,1H2,(H,12,13). The number of amides is 1. The summed E-state index contributed by atoms with van der Waals surface area (Å²) in [5.74, 6) is -3.90. The molecule has 68 valence electrons. The van der Waals surface area contributed by atoms with E-state index in [0.29, 0.717) is 6.07 Å². The average molecular weight is 187 g/mol. The van der Waals surface area contributed by atoms with Crippen molar-refractivity contribution in [2.24, 2.45) is 0 Å².